The smallest absolute Gasteiger partial charge is 0.391 e. The van der Waals surface area contributed by atoms with E-state index in [2.05, 4.69) is 4.99 Å². The van der Waals surface area contributed by atoms with E-state index in [-0.39, 0.29) is 12.0 Å². The third-order valence-electron chi connectivity index (χ3n) is 2.25. The van der Waals surface area contributed by atoms with E-state index >= 15 is 0 Å². The lowest BCUT2D eigenvalue weighted by atomic mass is 10.1. The van der Waals surface area contributed by atoms with E-state index in [0.717, 1.165) is 5.56 Å². The molecule has 0 aliphatic carbocycles. The van der Waals surface area contributed by atoms with Crippen molar-refractivity contribution in [3.05, 3.63) is 34.9 Å². The Bertz CT molecular complexity index is 445. The highest BCUT2D eigenvalue weighted by Gasteiger charge is 2.24. The van der Waals surface area contributed by atoms with E-state index in [1.165, 1.54) is 0 Å². The van der Waals surface area contributed by atoms with Gasteiger partial charge in [0.15, 0.2) is 0 Å². The van der Waals surface area contributed by atoms with Crippen LogP contribution in [0.4, 0.5) is 0 Å². The maximum Gasteiger partial charge on any atom is 0.391 e. The summed E-state index contributed by atoms with van der Waals surface area (Å²) in [5.74, 6) is -1.32. The number of halogens is 1. The summed E-state index contributed by atoms with van der Waals surface area (Å²) in [4.78, 5) is 14.4. The molecule has 1 atom stereocenters. The molecule has 4 nitrogen and oxygen atoms in total. The van der Waals surface area contributed by atoms with Crippen molar-refractivity contribution in [2.24, 2.45) is 4.99 Å². The summed E-state index contributed by atoms with van der Waals surface area (Å²) in [6, 6.07) is 7.41. The fourth-order valence-electron chi connectivity index (χ4n) is 1.57. The number of carboxylic acids is 1. The number of hydrogen-bond donors (Lipinski definition) is 1. The molecule has 0 aromatic heterocycles. The molecule has 1 aromatic carbocycles. The molecule has 0 spiro atoms. The zero-order valence-corrected chi connectivity index (χ0v) is 9.15. The van der Waals surface area contributed by atoms with E-state index in [0.29, 0.717) is 18.0 Å². The van der Waals surface area contributed by atoms with Crippen molar-refractivity contribution in [1.29, 1.82) is 0 Å². The Morgan fingerprint density at radius 2 is 2.44 bits per heavy atom. The van der Waals surface area contributed by atoms with E-state index in [1.807, 2.05) is 18.2 Å². The van der Waals surface area contributed by atoms with Gasteiger partial charge in [-0.1, -0.05) is 23.7 Å². The van der Waals surface area contributed by atoms with Gasteiger partial charge in [0.25, 0.3) is 5.90 Å². The second kappa shape index (κ2) is 4.53. The minimum absolute atomic E-state index is 0.202. The number of carbonyl (C=O) groups is 1. The molecule has 0 saturated carbocycles. The van der Waals surface area contributed by atoms with Gasteiger partial charge in [-0.2, -0.15) is 0 Å². The Labute approximate surface area is 97.5 Å². The monoisotopic (exact) mass is 239 g/mol. The van der Waals surface area contributed by atoms with Crippen molar-refractivity contribution >= 4 is 23.5 Å². The summed E-state index contributed by atoms with van der Waals surface area (Å²) in [6.07, 6.45) is 0.408. The first-order chi connectivity index (χ1) is 7.65. The Morgan fingerprint density at radius 1 is 1.62 bits per heavy atom. The van der Waals surface area contributed by atoms with Crippen molar-refractivity contribution < 1.29 is 14.6 Å². The van der Waals surface area contributed by atoms with Crippen LogP contribution < -0.4 is 0 Å². The largest absolute Gasteiger partial charge is 0.474 e. The quantitative estimate of drug-likeness (QED) is 0.875. The molecule has 84 valence electrons. The highest BCUT2D eigenvalue weighted by molar-refractivity contribution is 6.32. The SMILES string of the molecule is O=C(O)C1=NCC(Cc2cccc(Cl)c2)O1. The van der Waals surface area contributed by atoms with Crippen LogP contribution in [0.15, 0.2) is 29.3 Å². The van der Waals surface area contributed by atoms with E-state index < -0.39 is 5.97 Å². The van der Waals surface area contributed by atoms with Gasteiger partial charge in [-0.15, -0.1) is 0 Å². The predicted octanol–water partition coefficient (Wildman–Crippen LogP) is 1.76. The summed E-state index contributed by atoms with van der Waals surface area (Å²) >= 11 is 5.85. The van der Waals surface area contributed by atoms with Crippen molar-refractivity contribution in [3.8, 4) is 0 Å². The van der Waals surface area contributed by atoms with Crippen molar-refractivity contribution in [2.45, 2.75) is 12.5 Å². The second-order valence-electron chi connectivity index (χ2n) is 3.52. The molecule has 1 unspecified atom stereocenters. The highest BCUT2D eigenvalue weighted by Crippen LogP contribution is 2.15. The van der Waals surface area contributed by atoms with E-state index in [9.17, 15) is 4.79 Å². The molecule has 5 heteroatoms. The molecule has 1 aliphatic heterocycles. The van der Waals surface area contributed by atoms with Crippen LogP contribution in [0.3, 0.4) is 0 Å². The molecule has 1 aromatic rings. The van der Waals surface area contributed by atoms with E-state index in [4.69, 9.17) is 21.4 Å². The minimum atomic E-state index is -1.12. The zero-order valence-electron chi connectivity index (χ0n) is 8.39. The first kappa shape index (κ1) is 11.0. The van der Waals surface area contributed by atoms with Gasteiger partial charge < -0.3 is 9.84 Å². The minimum Gasteiger partial charge on any atom is -0.474 e. The molecule has 0 fully saturated rings. The first-order valence-electron chi connectivity index (χ1n) is 4.84. The number of nitrogens with zero attached hydrogens (tertiary/aromatic N) is 1. The van der Waals surface area contributed by atoms with Gasteiger partial charge in [0.2, 0.25) is 0 Å². The third-order valence-corrected chi connectivity index (χ3v) is 2.49. The first-order valence-corrected chi connectivity index (χ1v) is 5.22. The Balaban J connectivity index is 1.96. The van der Waals surface area contributed by atoms with Crippen LogP contribution in [0.5, 0.6) is 0 Å². The fourth-order valence-corrected chi connectivity index (χ4v) is 1.78. The fraction of sp³-hybridized carbons (Fsp3) is 0.273. The van der Waals surface area contributed by atoms with Crippen molar-refractivity contribution in [2.75, 3.05) is 6.54 Å². The van der Waals surface area contributed by atoms with E-state index in [1.54, 1.807) is 6.07 Å². The summed E-state index contributed by atoms with van der Waals surface area (Å²) in [5, 5.41) is 9.33. The van der Waals surface area contributed by atoms with Gasteiger partial charge in [0, 0.05) is 11.4 Å². The lowest BCUT2D eigenvalue weighted by Crippen LogP contribution is -2.20. The molecule has 1 heterocycles. The molecule has 1 N–H and O–H groups in total. The highest BCUT2D eigenvalue weighted by atomic mass is 35.5. The molecule has 2 rings (SSSR count). The van der Waals surface area contributed by atoms with Gasteiger partial charge in [-0.3, -0.25) is 0 Å². The average Bonchev–Trinajstić information content (AvgIpc) is 2.66. The summed E-state index contributed by atoms with van der Waals surface area (Å²) in [7, 11) is 0. The Hall–Kier alpha value is -1.55. The van der Waals surface area contributed by atoms with Crippen molar-refractivity contribution in [1.82, 2.24) is 0 Å². The van der Waals surface area contributed by atoms with Gasteiger partial charge in [-0.05, 0) is 17.7 Å². The van der Waals surface area contributed by atoms with Crippen LogP contribution in [-0.4, -0.2) is 29.6 Å². The van der Waals surface area contributed by atoms with Crippen LogP contribution in [0.1, 0.15) is 5.56 Å². The number of rotatable bonds is 3. The zero-order chi connectivity index (χ0) is 11.5. The standard InChI is InChI=1S/C11H10ClNO3/c12-8-3-1-2-7(4-8)5-9-6-13-10(16-9)11(14)15/h1-4,9H,5-6H2,(H,14,15). The summed E-state index contributed by atoms with van der Waals surface area (Å²) in [6.45, 7) is 0.383. The summed E-state index contributed by atoms with van der Waals surface area (Å²) < 4.78 is 5.17. The van der Waals surface area contributed by atoms with Crippen LogP contribution in [0.2, 0.25) is 5.02 Å². The Morgan fingerprint density at radius 3 is 3.06 bits per heavy atom. The molecule has 1 aliphatic rings. The summed E-state index contributed by atoms with van der Waals surface area (Å²) in [5.41, 5.74) is 1.01. The number of carboxylic acid groups (broad SMARTS) is 1. The number of hydrogen-bond acceptors (Lipinski definition) is 3. The number of ether oxygens (including phenoxy) is 1. The maximum absolute atomic E-state index is 10.6. The molecule has 0 radical (unpaired) electrons. The topological polar surface area (TPSA) is 58.9 Å². The normalized spacial score (nSPS) is 19.1. The van der Waals surface area contributed by atoms with Crippen LogP contribution in [-0.2, 0) is 16.0 Å². The molecular formula is C11H10ClNO3. The van der Waals surface area contributed by atoms with Gasteiger partial charge in [0.05, 0.1) is 6.54 Å². The van der Waals surface area contributed by atoms with Crippen LogP contribution in [0, 0.1) is 0 Å². The van der Waals surface area contributed by atoms with Crippen LogP contribution in [0.25, 0.3) is 0 Å². The molecule has 0 amide bonds. The lowest BCUT2D eigenvalue weighted by Gasteiger charge is -2.09. The maximum atomic E-state index is 10.6. The average molecular weight is 240 g/mol. The van der Waals surface area contributed by atoms with Gasteiger partial charge in [0.1, 0.15) is 6.10 Å². The van der Waals surface area contributed by atoms with Crippen molar-refractivity contribution in [3.63, 3.8) is 0 Å². The molecule has 0 bridgehead atoms. The van der Waals surface area contributed by atoms with Gasteiger partial charge in [-0.25, -0.2) is 9.79 Å². The van der Waals surface area contributed by atoms with Gasteiger partial charge >= 0.3 is 5.97 Å². The lowest BCUT2D eigenvalue weighted by molar-refractivity contribution is -0.131. The Kier molecular flexibility index (Phi) is 3.10. The third kappa shape index (κ3) is 2.52. The molecule has 16 heavy (non-hydrogen) atoms. The van der Waals surface area contributed by atoms with Crippen LogP contribution >= 0.6 is 11.6 Å². The molecular weight excluding hydrogens is 230 g/mol. The number of aliphatic carboxylic acids is 1. The number of aliphatic imine (C=N–C) groups is 1. The second-order valence-corrected chi connectivity index (χ2v) is 3.96. The molecule has 0 saturated heterocycles. The number of benzene rings is 1. The predicted molar refractivity (Wildman–Crippen MR) is 60.0 cm³/mol.